The number of thiophene rings is 1. The number of carbonyl (C=O) groups is 1. The van der Waals surface area contributed by atoms with Crippen LogP contribution in [0.25, 0.3) is 0 Å². The van der Waals surface area contributed by atoms with Crippen molar-refractivity contribution >= 4 is 28.7 Å². The number of pyridine rings is 1. The van der Waals surface area contributed by atoms with E-state index in [1.807, 2.05) is 18.0 Å². The summed E-state index contributed by atoms with van der Waals surface area (Å²) in [5.41, 5.74) is 11.6. The molecule has 2 heterocycles. The van der Waals surface area contributed by atoms with Crippen molar-refractivity contribution in [3.05, 3.63) is 40.2 Å². The molecule has 0 spiro atoms. The SMILES string of the molecule is CN(CCc1cccs1)c1cc(C(N)=O)c(N)cn1. The van der Waals surface area contributed by atoms with Crippen LogP contribution >= 0.6 is 11.3 Å². The lowest BCUT2D eigenvalue weighted by atomic mass is 10.2. The van der Waals surface area contributed by atoms with Gasteiger partial charge in [-0.1, -0.05) is 6.07 Å². The van der Waals surface area contributed by atoms with Crippen LogP contribution < -0.4 is 16.4 Å². The first-order valence-electron chi connectivity index (χ1n) is 5.87. The number of rotatable bonds is 5. The molecule has 100 valence electrons. The van der Waals surface area contributed by atoms with Gasteiger partial charge in [0.05, 0.1) is 17.4 Å². The number of hydrogen-bond acceptors (Lipinski definition) is 5. The number of anilines is 2. The fraction of sp³-hybridized carbons (Fsp3) is 0.231. The van der Waals surface area contributed by atoms with Gasteiger partial charge >= 0.3 is 0 Å². The van der Waals surface area contributed by atoms with Crippen LogP contribution in [0.15, 0.2) is 29.8 Å². The minimum atomic E-state index is -0.534. The van der Waals surface area contributed by atoms with Gasteiger partial charge < -0.3 is 16.4 Å². The number of nitrogens with zero attached hydrogens (tertiary/aromatic N) is 2. The maximum Gasteiger partial charge on any atom is 0.250 e. The van der Waals surface area contributed by atoms with E-state index in [0.717, 1.165) is 13.0 Å². The molecule has 0 aliphatic heterocycles. The Labute approximate surface area is 115 Å². The molecular formula is C13H16N4OS. The van der Waals surface area contributed by atoms with E-state index in [0.29, 0.717) is 17.1 Å². The fourth-order valence-corrected chi connectivity index (χ4v) is 2.42. The Bertz CT molecular complexity index is 568. The van der Waals surface area contributed by atoms with E-state index in [9.17, 15) is 4.79 Å². The summed E-state index contributed by atoms with van der Waals surface area (Å²) >= 11 is 1.73. The molecular weight excluding hydrogens is 260 g/mol. The molecule has 4 N–H and O–H groups in total. The third kappa shape index (κ3) is 3.23. The third-order valence-corrected chi connectivity index (χ3v) is 3.79. The fourth-order valence-electron chi connectivity index (χ4n) is 1.72. The van der Waals surface area contributed by atoms with Crippen molar-refractivity contribution in [3.8, 4) is 0 Å². The van der Waals surface area contributed by atoms with Crippen molar-refractivity contribution in [1.82, 2.24) is 4.98 Å². The van der Waals surface area contributed by atoms with E-state index in [4.69, 9.17) is 11.5 Å². The lowest BCUT2D eigenvalue weighted by molar-refractivity contribution is 0.100. The van der Waals surface area contributed by atoms with E-state index in [1.165, 1.54) is 11.1 Å². The van der Waals surface area contributed by atoms with Gasteiger partial charge in [-0.25, -0.2) is 4.98 Å². The summed E-state index contributed by atoms with van der Waals surface area (Å²) < 4.78 is 0. The van der Waals surface area contributed by atoms with Crippen LogP contribution in [-0.2, 0) is 6.42 Å². The molecule has 19 heavy (non-hydrogen) atoms. The lowest BCUT2D eigenvalue weighted by Crippen LogP contribution is -2.22. The zero-order valence-electron chi connectivity index (χ0n) is 10.7. The van der Waals surface area contributed by atoms with Gasteiger partial charge in [-0.3, -0.25) is 4.79 Å². The molecule has 0 aromatic carbocycles. The van der Waals surface area contributed by atoms with Gasteiger partial charge in [-0.15, -0.1) is 11.3 Å². The van der Waals surface area contributed by atoms with Crippen molar-refractivity contribution < 1.29 is 4.79 Å². The number of primary amides is 1. The summed E-state index contributed by atoms with van der Waals surface area (Å²) in [5.74, 6) is 0.160. The zero-order chi connectivity index (χ0) is 13.8. The second kappa shape index (κ2) is 5.71. The predicted molar refractivity (Wildman–Crippen MR) is 78.5 cm³/mol. The zero-order valence-corrected chi connectivity index (χ0v) is 11.5. The van der Waals surface area contributed by atoms with Gasteiger partial charge in [0.1, 0.15) is 5.82 Å². The Balaban J connectivity index is 2.08. The largest absolute Gasteiger partial charge is 0.397 e. The van der Waals surface area contributed by atoms with Crippen molar-refractivity contribution in [2.24, 2.45) is 5.73 Å². The van der Waals surface area contributed by atoms with E-state index in [-0.39, 0.29) is 0 Å². The molecule has 0 bridgehead atoms. The van der Waals surface area contributed by atoms with Gasteiger partial charge in [0.2, 0.25) is 0 Å². The van der Waals surface area contributed by atoms with Crippen molar-refractivity contribution in [1.29, 1.82) is 0 Å². The lowest BCUT2D eigenvalue weighted by Gasteiger charge is -2.18. The molecule has 2 aromatic heterocycles. The van der Waals surface area contributed by atoms with Gasteiger partial charge in [-0.2, -0.15) is 0 Å². The summed E-state index contributed by atoms with van der Waals surface area (Å²) in [7, 11) is 1.93. The van der Waals surface area contributed by atoms with Crippen LogP contribution in [0.1, 0.15) is 15.2 Å². The Morgan fingerprint density at radius 1 is 1.53 bits per heavy atom. The highest BCUT2D eigenvalue weighted by atomic mass is 32.1. The molecule has 0 aliphatic rings. The maximum absolute atomic E-state index is 11.2. The molecule has 0 unspecified atom stereocenters. The second-order valence-corrected chi connectivity index (χ2v) is 5.28. The number of nitrogens with two attached hydrogens (primary N) is 2. The summed E-state index contributed by atoms with van der Waals surface area (Å²) in [6.45, 7) is 0.815. The number of aromatic nitrogens is 1. The first-order valence-corrected chi connectivity index (χ1v) is 6.74. The summed E-state index contributed by atoms with van der Waals surface area (Å²) in [6.07, 6.45) is 2.41. The number of carbonyl (C=O) groups excluding carboxylic acids is 1. The van der Waals surface area contributed by atoms with Crippen LogP contribution in [0.3, 0.4) is 0 Å². The Hall–Kier alpha value is -2.08. The minimum absolute atomic E-state index is 0.308. The molecule has 0 aliphatic carbocycles. The molecule has 0 atom stereocenters. The van der Waals surface area contributed by atoms with E-state index in [2.05, 4.69) is 16.4 Å². The van der Waals surface area contributed by atoms with Crippen LogP contribution in [0.5, 0.6) is 0 Å². The number of amides is 1. The Kier molecular flexibility index (Phi) is 4.01. The molecule has 0 fully saturated rings. The predicted octanol–water partition coefficient (Wildman–Crippen LogP) is 1.50. The topological polar surface area (TPSA) is 85.2 Å². The molecule has 6 heteroatoms. The highest BCUT2D eigenvalue weighted by Crippen LogP contribution is 2.18. The minimum Gasteiger partial charge on any atom is -0.397 e. The van der Waals surface area contributed by atoms with Crippen LogP contribution in [0.4, 0.5) is 11.5 Å². The standard InChI is InChI=1S/C13H16N4OS/c1-17(5-4-9-3-2-6-19-9)12-7-10(13(15)18)11(14)8-16-12/h2-3,6-8H,4-5,14H2,1H3,(H2,15,18). The van der Waals surface area contributed by atoms with Gasteiger partial charge in [0.15, 0.2) is 0 Å². The van der Waals surface area contributed by atoms with Gasteiger partial charge in [-0.05, 0) is 23.9 Å². The molecule has 0 saturated heterocycles. The molecule has 1 amide bonds. The quantitative estimate of drug-likeness (QED) is 0.866. The van der Waals surface area contributed by atoms with Crippen molar-refractivity contribution in [3.63, 3.8) is 0 Å². The highest BCUT2D eigenvalue weighted by molar-refractivity contribution is 7.09. The van der Waals surface area contributed by atoms with Crippen molar-refractivity contribution in [2.45, 2.75) is 6.42 Å². The van der Waals surface area contributed by atoms with Crippen LogP contribution in [0, 0.1) is 0 Å². The van der Waals surface area contributed by atoms with Crippen molar-refractivity contribution in [2.75, 3.05) is 24.2 Å². The number of nitrogen functional groups attached to an aromatic ring is 1. The molecule has 2 rings (SSSR count). The Morgan fingerprint density at radius 2 is 2.32 bits per heavy atom. The summed E-state index contributed by atoms with van der Waals surface area (Å²) in [6, 6.07) is 5.77. The van der Waals surface area contributed by atoms with Crippen LogP contribution in [-0.4, -0.2) is 24.5 Å². The first-order chi connectivity index (χ1) is 9.08. The van der Waals surface area contributed by atoms with E-state index >= 15 is 0 Å². The molecule has 0 saturated carbocycles. The van der Waals surface area contributed by atoms with Gasteiger partial charge in [0.25, 0.3) is 5.91 Å². The average Bonchev–Trinajstić information content (AvgIpc) is 2.89. The molecule has 5 nitrogen and oxygen atoms in total. The Morgan fingerprint density at radius 3 is 2.95 bits per heavy atom. The van der Waals surface area contributed by atoms with Crippen LogP contribution in [0.2, 0.25) is 0 Å². The summed E-state index contributed by atoms with van der Waals surface area (Å²) in [4.78, 5) is 18.8. The smallest absolute Gasteiger partial charge is 0.250 e. The number of likely N-dealkylation sites (N-methyl/N-ethyl adjacent to an activating group) is 1. The highest BCUT2D eigenvalue weighted by Gasteiger charge is 2.10. The van der Waals surface area contributed by atoms with E-state index in [1.54, 1.807) is 17.4 Å². The van der Waals surface area contributed by atoms with Gasteiger partial charge in [0, 0.05) is 18.5 Å². The monoisotopic (exact) mass is 276 g/mol. The molecule has 0 radical (unpaired) electrons. The average molecular weight is 276 g/mol. The first kappa shape index (κ1) is 13.4. The summed E-state index contributed by atoms with van der Waals surface area (Å²) in [5, 5.41) is 2.06. The van der Waals surface area contributed by atoms with E-state index < -0.39 is 5.91 Å². The second-order valence-electron chi connectivity index (χ2n) is 4.24. The third-order valence-electron chi connectivity index (χ3n) is 2.85. The normalized spacial score (nSPS) is 10.4. The molecule has 2 aromatic rings. The maximum atomic E-state index is 11.2. The number of hydrogen-bond donors (Lipinski definition) is 2.